The van der Waals surface area contributed by atoms with Crippen molar-refractivity contribution in [1.82, 2.24) is 0 Å². The second-order valence-corrected chi connectivity index (χ2v) is 6.73. The maximum Gasteiger partial charge on any atom is 0.293 e. The molecule has 24 heavy (non-hydrogen) atoms. The van der Waals surface area contributed by atoms with Gasteiger partial charge in [-0.2, -0.15) is 4.57 Å². The zero-order chi connectivity index (χ0) is 17.7. The molecular weight excluding hydrogens is 343 g/mol. The summed E-state index contributed by atoms with van der Waals surface area (Å²) in [6, 6.07) is 8.86. The summed E-state index contributed by atoms with van der Waals surface area (Å²) in [7, 11) is 0. The maximum absolute atomic E-state index is 12.5. The molecule has 3 nitrogen and oxygen atoms in total. The van der Waals surface area contributed by atoms with Gasteiger partial charge in [-0.3, -0.25) is 4.79 Å². The molecule has 0 radical (unpaired) electrons. The monoisotopic (exact) mass is 365 g/mol. The van der Waals surface area contributed by atoms with Crippen LogP contribution in [0.2, 0.25) is 10.0 Å². The van der Waals surface area contributed by atoms with Crippen molar-refractivity contribution in [1.29, 1.82) is 0 Å². The highest BCUT2D eigenvalue weighted by atomic mass is 35.5. The summed E-state index contributed by atoms with van der Waals surface area (Å²) in [5.41, 5.74) is 1.87. The number of nitrogens with one attached hydrogen (secondary N) is 1. The average molecular weight is 366 g/mol. The molecule has 1 atom stereocenters. The van der Waals surface area contributed by atoms with Gasteiger partial charge in [0.15, 0.2) is 12.4 Å². The minimum absolute atomic E-state index is 0.125. The first-order valence-electron chi connectivity index (χ1n) is 8.22. The molecule has 5 heteroatoms. The Bertz CT molecular complexity index is 697. The second-order valence-electron chi connectivity index (χ2n) is 5.88. The largest absolute Gasteiger partial charge is 0.319 e. The van der Waals surface area contributed by atoms with Crippen molar-refractivity contribution < 1.29 is 9.36 Å². The molecule has 0 unspecified atom stereocenters. The lowest BCUT2D eigenvalue weighted by Crippen LogP contribution is -2.44. The molecule has 1 N–H and O–H groups in total. The van der Waals surface area contributed by atoms with Crippen LogP contribution in [0.15, 0.2) is 42.7 Å². The van der Waals surface area contributed by atoms with Gasteiger partial charge < -0.3 is 5.32 Å². The number of amides is 1. The fourth-order valence-electron chi connectivity index (χ4n) is 2.70. The number of pyridine rings is 1. The van der Waals surface area contributed by atoms with Crippen molar-refractivity contribution in [2.75, 3.05) is 5.32 Å². The van der Waals surface area contributed by atoms with Crippen molar-refractivity contribution in [3.63, 3.8) is 0 Å². The lowest BCUT2D eigenvalue weighted by molar-refractivity contribution is -0.705. The molecular formula is C19H23Cl2N2O+. The highest BCUT2D eigenvalue weighted by Gasteiger charge is 2.23. The fraction of sp³-hybridized carbons (Fsp3) is 0.368. The molecule has 2 aromatic rings. The normalized spacial score (nSPS) is 12.2. The van der Waals surface area contributed by atoms with E-state index in [9.17, 15) is 4.79 Å². The van der Waals surface area contributed by atoms with Gasteiger partial charge in [-0.1, -0.05) is 37.0 Å². The number of aromatic nitrogens is 1. The third-order valence-electron chi connectivity index (χ3n) is 4.35. The van der Waals surface area contributed by atoms with Gasteiger partial charge in [0.05, 0.1) is 10.7 Å². The van der Waals surface area contributed by atoms with E-state index in [1.165, 1.54) is 5.56 Å². The van der Waals surface area contributed by atoms with E-state index in [0.29, 0.717) is 21.7 Å². The Kier molecular flexibility index (Phi) is 6.64. The molecule has 128 valence electrons. The summed E-state index contributed by atoms with van der Waals surface area (Å²) in [4.78, 5) is 12.5. The quantitative estimate of drug-likeness (QED) is 0.684. The number of carbonyl (C=O) groups is 1. The molecule has 0 aliphatic heterocycles. The van der Waals surface area contributed by atoms with Crippen LogP contribution in [0, 0.1) is 0 Å². The van der Waals surface area contributed by atoms with Crippen molar-refractivity contribution >= 4 is 34.8 Å². The predicted octanol–water partition coefficient (Wildman–Crippen LogP) is 5.38. The van der Waals surface area contributed by atoms with Gasteiger partial charge in [0, 0.05) is 24.1 Å². The molecule has 1 heterocycles. The Hall–Kier alpha value is -1.58. The summed E-state index contributed by atoms with van der Waals surface area (Å²) in [6.45, 7) is 6.25. The number of carbonyl (C=O) groups excluding carboxylic acids is 1. The van der Waals surface area contributed by atoms with Crippen LogP contribution >= 0.6 is 23.2 Å². The highest BCUT2D eigenvalue weighted by molar-refractivity contribution is 6.36. The van der Waals surface area contributed by atoms with E-state index in [4.69, 9.17) is 23.2 Å². The van der Waals surface area contributed by atoms with E-state index in [0.717, 1.165) is 12.8 Å². The minimum atomic E-state index is -0.340. The van der Waals surface area contributed by atoms with Crippen molar-refractivity contribution in [2.45, 2.75) is 45.6 Å². The molecule has 0 saturated carbocycles. The maximum atomic E-state index is 12.5. The molecule has 0 aliphatic carbocycles. The molecule has 2 rings (SSSR count). The Morgan fingerprint density at radius 2 is 1.75 bits per heavy atom. The van der Waals surface area contributed by atoms with Gasteiger partial charge in [0.1, 0.15) is 0 Å². The van der Waals surface area contributed by atoms with Crippen molar-refractivity contribution in [3.05, 3.63) is 58.3 Å². The number of hydrogen-bond donors (Lipinski definition) is 1. The van der Waals surface area contributed by atoms with Gasteiger partial charge in [0.2, 0.25) is 6.04 Å². The van der Waals surface area contributed by atoms with Crippen LogP contribution in [0.4, 0.5) is 5.69 Å². The van der Waals surface area contributed by atoms with Crippen LogP contribution in [-0.4, -0.2) is 5.91 Å². The zero-order valence-corrected chi connectivity index (χ0v) is 15.7. The molecule has 0 saturated heterocycles. The van der Waals surface area contributed by atoms with Gasteiger partial charge in [-0.15, -0.1) is 0 Å². The molecule has 0 spiro atoms. The van der Waals surface area contributed by atoms with Crippen LogP contribution in [0.3, 0.4) is 0 Å². The summed E-state index contributed by atoms with van der Waals surface area (Å²) in [5, 5.41) is 3.81. The summed E-state index contributed by atoms with van der Waals surface area (Å²) in [6.07, 6.45) is 6.15. The Morgan fingerprint density at radius 1 is 1.12 bits per heavy atom. The lowest BCUT2D eigenvalue weighted by atomic mass is 9.95. The molecule has 1 amide bonds. The Morgan fingerprint density at radius 3 is 2.29 bits per heavy atom. The summed E-state index contributed by atoms with van der Waals surface area (Å²) < 4.78 is 1.89. The van der Waals surface area contributed by atoms with E-state index in [2.05, 4.69) is 31.3 Å². The molecule has 0 aliphatic rings. The Labute approximate surface area is 153 Å². The number of benzene rings is 1. The minimum Gasteiger partial charge on any atom is -0.319 e. The van der Waals surface area contributed by atoms with E-state index in [-0.39, 0.29) is 11.9 Å². The molecule has 0 bridgehead atoms. The predicted molar refractivity (Wildman–Crippen MR) is 99.8 cm³/mol. The smallest absolute Gasteiger partial charge is 0.293 e. The van der Waals surface area contributed by atoms with Crippen LogP contribution in [0.1, 0.15) is 51.1 Å². The number of hydrogen-bond acceptors (Lipinski definition) is 1. The topological polar surface area (TPSA) is 33.0 Å². The highest BCUT2D eigenvalue weighted by Crippen LogP contribution is 2.26. The van der Waals surface area contributed by atoms with Gasteiger partial charge in [0.25, 0.3) is 5.91 Å². The molecule has 0 fully saturated rings. The third-order valence-corrected chi connectivity index (χ3v) is 4.90. The third kappa shape index (κ3) is 4.49. The first-order valence-corrected chi connectivity index (χ1v) is 8.98. The molecule has 1 aromatic heterocycles. The van der Waals surface area contributed by atoms with Crippen LogP contribution in [-0.2, 0) is 4.79 Å². The van der Waals surface area contributed by atoms with Crippen molar-refractivity contribution in [2.24, 2.45) is 0 Å². The number of anilines is 1. The van der Waals surface area contributed by atoms with Gasteiger partial charge in [-0.05, 0) is 42.5 Å². The van der Waals surface area contributed by atoms with Gasteiger partial charge >= 0.3 is 0 Å². The first kappa shape index (κ1) is 18.8. The second kappa shape index (κ2) is 8.50. The number of rotatable bonds is 6. The number of halogens is 2. The average Bonchev–Trinajstić information content (AvgIpc) is 2.58. The van der Waals surface area contributed by atoms with E-state index in [1.807, 2.05) is 23.9 Å². The van der Waals surface area contributed by atoms with E-state index >= 15 is 0 Å². The lowest BCUT2D eigenvalue weighted by Gasteiger charge is -2.13. The fourth-order valence-corrected chi connectivity index (χ4v) is 3.16. The summed E-state index contributed by atoms with van der Waals surface area (Å²) in [5.74, 6) is 0.441. The van der Waals surface area contributed by atoms with Crippen LogP contribution in [0.25, 0.3) is 0 Å². The summed E-state index contributed by atoms with van der Waals surface area (Å²) >= 11 is 12.0. The number of nitrogens with zero attached hydrogens (tertiary/aromatic N) is 1. The molecule has 1 aromatic carbocycles. The van der Waals surface area contributed by atoms with Crippen LogP contribution in [0.5, 0.6) is 0 Å². The SMILES string of the molecule is CCC(CC)c1cc[n+]([C@H](C)C(=O)Nc2ccc(Cl)cc2Cl)cc1. The van der Waals surface area contributed by atoms with Crippen molar-refractivity contribution in [3.8, 4) is 0 Å². The Balaban J connectivity index is 2.10. The van der Waals surface area contributed by atoms with E-state index in [1.54, 1.807) is 18.2 Å². The van der Waals surface area contributed by atoms with Gasteiger partial charge in [-0.25, -0.2) is 0 Å². The zero-order valence-electron chi connectivity index (χ0n) is 14.2. The standard InChI is InChI=1S/C19H22Cl2N2O/c1-4-14(5-2)15-8-10-23(11-9-15)13(3)19(24)22-18-7-6-16(20)12-17(18)21/h6-14H,4-5H2,1-3H3/p+1/t13-/m1/s1. The van der Waals surface area contributed by atoms with E-state index < -0.39 is 0 Å². The first-order chi connectivity index (χ1) is 11.5. The van der Waals surface area contributed by atoms with Crippen LogP contribution < -0.4 is 9.88 Å².